The monoisotopic (exact) mass is 498 g/mol. The van der Waals surface area contributed by atoms with Crippen LogP contribution in [0.4, 0.5) is 0 Å². The number of carbonyl (C=O) groups is 1. The van der Waals surface area contributed by atoms with E-state index in [1.807, 2.05) is 65.6 Å². The molecule has 1 heterocycles. The summed E-state index contributed by atoms with van der Waals surface area (Å²) in [6.45, 7) is 4.07. The van der Waals surface area contributed by atoms with Crippen LogP contribution in [0.15, 0.2) is 72.8 Å². The number of methoxy groups -OCH3 is 1. The maximum Gasteiger partial charge on any atom is 0.253 e. The number of benzene rings is 3. The van der Waals surface area contributed by atoms with Gasteiger partial charge in [0, 0.05) is 48.3 Å². The average Bonchev–Trinajstić information content (AvgIpc) is 2.87. The van der Waals surface area contributed by atoms with Crippen molar-refractivity contribution in [1.82, 2.24) is 9.80 Å². The highest BCUT2D eigenvalue weighted by molar-refractivity contribution is 6.31. The highest BCUT2D eigenvalue weighted by Gasteiger charge is 2.25. The van der Waals surface area contributed by atoms with Crippen LogP contribution in [0.2, 0.25) is 10.0 Å². The van der Waals surface area contributed by atoms with Crippen molar-refractivity contribution in [2.24, 2.45) is 0 Å². The second-order valence-corrected chi connectivity index (χ2v) is 9.18. The van der Waals surface area contributed by atoms with Gasteiger partial charge in [-0.05, 0) is 53.6 Å². The molecular formula is C27H28Cl2N2O3. The van der Waals surface area contributed by atoms with E-state index >= 15 is 0 Å². The van der Waals surface area contributed by atoms with E-state index in [1.165, 1.54) is 0 Å². The van der Waals surface area contributed by atoms with Crippen molar-refractivity contribution in [3.05, 3.63) is 99.5 Å². The number of piperazine rings is 1. The number of hydrogen-bond donors (Lipinski definition) is 0. The maximum absolute atomic E-state index is 12.8. The lowest BCUT2D eigenvalue weighted by atomic mass is 10.1. The van der Waals surface area contributed by atoms with Crippen molar-refractivity contribution in [3.8, 4) is 5.75 Å². The number of hydrogen-bond acceptors (Lipinski definition) is 4. The Morgan fingerprint density at radius 3 is 2.35 bits per heavy atom. The normalized spacial score (nSPS) is 15.2. The first-order valence-electron chi connectivity index (χ1n) is 11.3. The van der Waals surface area contributed by atoms with Crippen molar-refractivity contribution in [2.75, 3.05) is 39.8 Å². The molecule has 4 rings (SSSR count). The first-order chi connectivity index (χ1) is 16.5. The Hall–Kier alpha value is -2.57. The summed E-state index contributed by atoms with van der Waals surface area (Å²) in [6.07, 6.45) is -0.126. The van der Waals surface area contributed by atoms with Gasteiger partial charge in [0.25, 0.3) is 5.91 Å². The molecule has 178 valence electrons. The molecule has 1 fully saturated rings. The van der Waals surface area contributed by atoms with Crippen molar-refractivity contribution in [3.63, 3.8) is 0 Å². The summed E-state index contributed by atoms with van der Waals surface area (Å²) in [5, 5.41) is 1.27. The number of halogens is 2. The van der Waals surface area contributed by atoms with Gasteiger partial charge in [-0.2, -0.15) is 0 Å². The molecule has 1 saturated heterocycles. The van der Waals surface area contributed by atoms with E-state index < -0.39 is 0 Å². The standard InChI is InChI=1S/C27H28Cl2N2O3/c1-33-25-7-2-4-20(16-25)19-34-26(21-8-10-23(28)11-9-21)18-30-12-14-31(15-13-30)27(32)22-5-3-6-24(29)17-22/h2-11,16-17,26H,12-15,18-19H2,1H3. The van der Waals surface area contributed by atoms with E-state index in [-0.39, 0.29) is 12.0 Å². The molecule has 3 aromatic carbocycles. The molecule has 0 spiro atoms. The quantitative estimate of drug-likeness (QED) is 0.398. The van der Waals surface area contributed by atoms with Crippen LogP contribution in [-0.2, 0) is 11.3 Å². The van der Waals surface area contributed by atoms with Crippen molar-refractivity contribution in [2.45, 2.75) is 12.7 Å². The Morgan fingerprint density at radius 1 is 0.912 bits per heavy atom. The molecule has 0 bridgehead atoms. The molecule has 1 aliphatic rings. The van der Waals surface area contributed by atoms with E-state index in [0.717, 1.165) is 36.5 Å². The number of amides is 1. The summed E-state index contributed by atoms with van der Waals surface area (Å²) in [6, 6.07) is 22.8. The van der Waals surface area contributed by atoms with Crippen molar-refractivity contribution in [1.29, 1.82) is 0 Å². The SMILES string of the molecule is COc1cccc(COC(CN2CCN(C(=O)c3cccc(Cl)c3)CC2)c2ccc(Cl)cc2)c1. The van der Waals surface area contributed by atoms with Gasteiger partial charge in [0.15, 0.2) is 0 Å². The molecule has 1 aliphatic heterocycles. The molecule has 0 radical (unpaired) electrons. The third-order valence-corrected chi connectivity index (χ3v) is 6.47. The summed E-state index contributed by atoms with van der Waals surface area (Å²) in [7, 11) is 1.66. The van der Waals surface area contributed by atoms with Crippen molar-refractivity contribution < 1.29 is 14.3 Å². The predicted molar refractivity (Wildman–Crippen MR) is 136 cm³/mol. The summed E-state index contributed by atoms with van der Waals surface area (Å²) < 4.78 is 11.7. The second-order valence-electron chi connectivity index (χ2n) is 8.31. The summed E-state index contributed by atoms with van der Waals surface area (Å²) in [5.41, 5.74) is 2.75. The van der Waals surface area contributed by atoms with Gasteiger partial charge in [-0.15, -0.1) is 0 Å². The van der Waals surface area contributed by atoms with Gasteiger partial charge in [0.1, 0.15) is 5.75 Å². The molecule has 0 saturated carbocycles. The van der Waals surface area contributed by atoms with E-state index in [4.69, 9.17) is 32.7 Å². The van der Waals surface area contributed by atoms with Crippen LogP contribution in [0.1, 0.15) is 27.6 Å². The summed E-state index contributed by atoms with van der Waals surface area (Å²) in [5.74, 6) is 0.829. The second kappa shape index (κ2) is 11.7. The Labute approximate surface area is 210 Å². The zero-order chi connectivity index (χ0) is 23.9. The fourth-order valence-electron chi connectivity index (χ4n) is 4.06. The number of rotatable bonds is 8. The lowest BCUT2D eigenvalue weighted by Crippen LogP contribution is -2.49. The first-order valence-corrected chi connectivity index (χ1v) is 12.0. The number of carbonyl (C=O) groups excluding carboxylic acids is 1. The zero-order valence-corrected chi connectivity index (χ0v) is 20.6. The molecule has 5 nitrogen and oxygen atoms in total. The lowest BCUT2D eigenvalue weighted by molar-refractivity contribution is 0.00337. The third-order valence-electron chi connectivity index (χ3n) is 5.98. The van der Waals surface area contributed by atoms with Crippen LogP contribution in [-0.4, -0.2) is 55.5 Å². The van der Waals surface area contributed by atoms with Gasteiger partial charge in [-0.3, -0.25) is 9.69 Å². The minimum absolute atomic E-state index is 0.0191. The van der Waals surface area contributed by atoms with Gasteiger partial charge in [-0.1, -0.05) is 53.5 Å². The minimum Gasteiger partial charge on any atom is -0.497 e. The maximum atomic E-state index is 12.8. The van der Waals surface area contributed by atoms with Gasteiger partial charge in [0.2, 0.25) is 0 Å². The van der Waals surface area contributed by atoms with Gasteiger partial charge in [0.05, 0.1) is 19.8 Å². The Bertz CT molecular complexity index is 1100. The average molecular weight is 499 g/mol. The van der Waals surface area contributed by atoms with Crippen molar-refractivity contribution >= 4 is 29.1 Å². The fraction of sp³-hybridized carbons (Fsp3) is 0.296. The fourth-order valence-corrected chi connectivity index (χ4v) is 4.38. The highest BCUT2D eigenvalue weighted by atomic mass is 35.5. The topological polar surface area (TPSA) is 42.0 Å². The lowest BCUT2D eigenvalue weighted by Gasteiger charge is -2.36. The van der Waals surface area contributed by atoms with E-state index in [1.54, 1.807) is 19.2 Å². The predicted octanol–water partition coefficient (Wildman–Crippen LogP) is 5.72. The molecule has 34 heavy (non-hydrogen) atoms. The summed E-state index contributed by atoms with van der Waals surface area (Å²) in [4.78, 5) is 17.1. The third kappa shape index (κ3) is 6.51. The minimum atomic E-state index is -0.126. The largest absolute Gasteiger partial charge is 0.497 e. The van der Waals surface area contributed by atoms with Gasteiger partial charge < -0.3 is 14.4 Å². The zero-order valence-electron chi connectivity index (χ0n) is 19.1. The van der Waals surface area contributed by atoms with Crippen LogP contribution < -0.4 is 4.74 Å². The molecular weight excluding hydrogens is 471 g/mol. The Kier molecular flexibility index (Phi) is 8.46. The van der Waals surface area contributed by atoms with Crippen LogP contribution >= 0.6 is 23.2 Å². The molecule has 1 amide bonds. The highest BCUT2D eigenvalue weighted by Crippen LogP contribution is 2.24. The summed E-state index contributed by atoms with van der Waals surface area (Å²) >= 11 is 12.2. The van der Waals surface area contributed by atoms with E-state index in [0.29, 0.717) is 35.3 Å². The number of ether oxygens (including phenoxy) is 2. The van der Waals surface area contributed by atoms with Crippen LogP contribution in [0.25, 0.3) is 0 Å². The first kappa shape index (κ1) is 24.6. The number of nitrogens with zero attached hydrogens (tertiary/aromatic N) is 2. The Morgan fingerprint density at radius 2 is 1.65 bits per heavy atom. The molecule has 1 unspecified atom stereocenters. The smallest absolute Gasteiger partial charge is 0.253 e. The van der Waals surface area contributed by atoms with Gasteiger partial charge in [-0.25, -0.2) is 0 Å². The molecule has 0 aliphatic carbocycles. The van der Waals surface area contributed by atoms with Crippen LogP contribution in [0, 0.1) is 0 Å². The molecule has 0 aromatic heterocycles. The molecule has 0 N–H and O–H groups in total. The van der Waals surface area contributed by atoms with Crippen LogP contribution in [0.5, 0.6) is 5.75 Å². The van der Waals surface area contributed by atoms with E-state index in [9.17, 15) is 4.79 Å². The molecule has 3 aromatic rings. The van der Waals surface area contributed by atoms with E-state index in [2.05, 4.69) is 4.90 Å². The van der Waals surface area contributed by atoms with Crippen LogP contribution in [0.3, 0.4) is 0 Å². The Balaban J connectivity index is 1.39. The molecule has 7 heteroatoms. The molecule has 1 atom stereocenters. The van der Waals surface area contributed by atoms with Gasteiger partial charge >= 0.3 is 0 Å².